The summed E-state index contributed by atoms with van der Waals surface area (Å²) in [5.41, 5.74) is 1.80. The van der Waals surface area contributed by atoms with Crippen molar-refractivity contribution in [3.8, 4) is 23.0 Å². The largest absolute Gasteiger partial charge is 0.496 e. The Bertz CT molecular complexity index is 948. The molecule has 0 radical (unpaired) electrons. The van der Waals surface area contributed by atoms with Gasteiger partial charge in [0.2, 0.25) is 5.91 Å². The predicted molar refractivity (Wildman–Crippen MR) is 122 cm³/mol. The highest BCUT2D eigenvalue weighted by molar-refractivity contribution is 6.02. The van der Waals surface area contributed by atoms with E-state index in [0.29, 0.717) is 52.9 Å². The van der Waals surface area contributed by atoms with E-state index in [-0.39, 0.29) is 12.3 Å². The van der Waals surface area contributed by atoms with E-state index in [1.807, 2.05) is 0 Å². The Balaban J connectivity index is 2.13. The molecule has 0 spiro atoms. The van der Waals surface area contributed by atoms with Gasteiger partial charge < -0.3 is 34.7 Å². The molecule has 0 unspecified atom stereocenters. The van der Waals surface area contributed by atoms with Gasteiger partial charge in [-0.05, 0) is 30.7 Å². The number of carboxylic acids is 1. The highest BCUT2D eigenvalue weighted by atomic mass is 16.5. The number of methoxy groups -OCH3 is 4. The number of hydrogen-bond donors (Lipinski definition) is 3. The molecule has 172 valence electrons. The quantitative estimate of drug-likeness (QED) is 0.336. The van der Waals surface area contributed by atoms with Crippen LogP contribution >= 0.6 is 0 Å². The van der Waals surface area contributed by atoms with Crippen molar-refractivity contribution in [3.63, 3.8) is 0 Å². The van der Waals surface area contributed by atoms with Crippen molar-refractivity contribution in [3.05, 3.63) is 42.0 Å². The topological polar surface area (TPSA) is 115 Å². The van der Waals surface area contributed by atoms with Crippen LogP contribution in [0.5, 0.6) is 23.0 Å². The standard InChI is InChI=1S/C23H28N2O7/c1-29-16-13-20(31-3)17(21(14-16)32-4)8-10-22(26)25-15-7-9-19(30-2)18(12-15)24-11-5-6-23(27)28/h7-10,12-14,24H,5-6,11H2,1-4H3,(H,25,26)(H,27,28)/b10-8+. The zero-order valence-electron chi connectivity index (χ0n) is 18.6. The number of nitrogens with one attached hydrogen (secondary N) is 2. The van der Waals surface area contributed by atoms with Gasteiger partial charge in [-0.2, -0.15) is 0 Å². The molecular weight excluding hydrogens is 416 g/mol. The number of carbonyl (C=O) groups is 2. The molecule has 3 N–H and O–H groups in total. The molecule has 0 aliphatic carbocycles. The lowest BCUT2D eigenvalue weighted by Crippen LogP contribution is -2.10. The van der Waals surface area contributed by atoms with Crippen LogP contribution in [0.15, 0.2) is 36.4 Å². The summed E-state index contributed by atoms with van der Waals surface area (Å²) < 4.78 is 21.3. The van der Waals surface area contributed by atoms with E-state index in [2.05, 4.69) is 10.6 Å². The van der Waals surface area contributed by atoms with Crippen LogP contribution in [0.4, 0.5) is 11.4 Å². The van der Waals surface area contributed by atoms with E-state index < -0.39 is 5.97 Å². The Morgan fingerprint density at radius 2 is 1.59 bits per heavy atom. The van der Waals surface area contributed by atoms with E-state index in [0.717, 1.165) is 0 Å². The Kier molecular flexibility index (Phi) is 9.22. The smallest absolute Gasteiger partial charge is 0.303 e. The van der Waals surface area contributed by atoms with Crippen molar-refractivity contribution in [2.75, 3.05) is 45.6 Å². The molecule has 2 aromatic carbocycles. The number of aliphatic carboxylic acids is 1. The molecule has 0 aromatic heterocycles. The summed E-state index contributed by atoms with van der Waals surface area (Å²) in [5.74, 6) is 0.956. The van der Waals surface area contributed by atoms with Crippen molar-refractivity contribution in [2.24, 2.45) is 0 Å². The van der Waals surface area contributed by atoms with Crippen LogP contribution in [0.25, 0.3) is 6.08 Å². The van der Waals surface area contributed by atoms with E-state index in [1.54, 1.807) is 43.5 Å². The maximum absolute atomic E-state index is 12.5. The van der Waals surface area contributed by atoms with Gasteiger partial charge in [-0.1, -0.05) is 0 Å². The molecule has 0 atom stereocenters. The molecule has 0 aliphatic rings. The molecule has 2 aromatic rings. The van der Waals surface area contributed by atoms with Crippen molar-refractivity contribution in [1.82, 2.24) is 0 Å². The molecule has 0 fully saturated rings. The van der Waals surface area contributed by atoms with Crippen LogP contribution in [-0.4, -0.2) is 52.0 Å². The van der Waals surface area contributed by atoms with Crippen LogP contribution < -0.4 is 29.6 Å². The summed E-state index contributed by atoms with van der Waals surface area (Å²) in [6, 6.07) is 8.55. The number of benzene rings is 2. The van der Waals surface area contributed by atoms with Gasteiger partial charge in [0.1, 0.15) is 23.0 Å². The van der Waals surface area contributed by atoms with Crippen molar-refractivity contribution < 1.29 is 33.6 Å². The molecule has 0 saturated heterocycles. The fraction of sp³-hybridized carbons (Fsp3) is 0.304. The van der Waals surface area contributed by atoms with Gasteiger partial charge in [0.05, 0.1) is 39.7 Å². The summed E-state index contributed by atoms with van der Waals surface area (Å²) in [5, 5.41) is 14.7. The van der Waals surface area contributed by atoms with Crippen LogP contribution in [0.1, 0.15) is 18.4 Å². The lowest BCUT2D eigenvalue weighted by Gasteiger charge is -2.13. The monoisotopic (exact) mass is 444 g/mol. The molecule has 0 saturated carbocycles. The van der Waals surface area contributed by atoms with Crippen molar-refractivity contribution in [1.29, 1.82) is 0 Å². The number of hydrogen-bond acceptors (Lipinski definition) is 7. The molecule has 32 heavy (non-hydrogen) atoms. The molecule has 0 heterocycles. The first-order valence-electron chi connectivity index (χ1n) is 9.84. The van der Waals surface area contributed by atoms with Gasteiger partial charge in [-0.15, -0.1) is 0 Å². The molecule has 1 amide bonds. The van der Waals surface area contributed by atoms with Gasteiger partial charge in [-0.25, -0.2) is 0 Å². The van der Waals surface area contributed by atoms with E-state index in [4.69, 9.17) is 24.1 Å². The van der Waals surface area contributed by atoms with Gasteiger partial charge in [0.25, 0.3) is 0 Å². The zero-order valence-corrected chi connectivity index (χ0v) is 18.6. The van der Waals surface area contributed by atoms with Crippen LogP contribution in [-0.2, 0) is 9.59 Å². The second kappa shape index (κ2) is 12.1. The lowest BCUT2D eigenvalue weighted by molar-refractivity contribution is -0.137. The van der Waals surface area contributed by atoms with Crippen LogP contribution in [0.3, 0.4) is 0 Å². The Morgan fingerprint density at radius 1 is 0.938 bits per heavy atom. The lowest BCUT2D eigenvalue weighted by atomic mass is 10.1. The number of rotatable bonds is 12. The Labute approximate surface area is 186 Å². The van der Waals surface area contributed by atoms with Gasteiger partial charge in [-0.3, -0.25) is 9.59 Å². The third-order valence-electron chi connectivity index (χ3n) is 4.50. The summed E-state index contributed by atoms with van der Waals surface area (Å²) in [6.07, 6.45) is 3.50. The number of anilines is 2. The molecule has 0 bridgehead atoms. The average molecular weight is 444 g/mol. The number of carbonyl (C=O) groups excluding carboxylic acids is 1. The fourth-order valence-electron chi connectivity index (χ4n) is 2.93. The maximum atomic E-state index is 12.5. The number of carboxylic acid groups (broad SMARTS) is 1. The van der Waals surface area contributed by atoms with E-state index in [1.165, 1.54) is 27.4 Å². The average Bonchev–Trinajstić information content (AvgIpc) is 2.79. The third kappa shape index (κ3) is 6.83. The van der Waals surface area contributed by atoms with Crippen molar-refractivity contribution in [2.45, 2.75) is 12.8 Å². The van der Waals surface area contributed by atoms with E-state index >= 15 is 0 Å². The zero-order chi connectivity index (χ0) is 23.5. The maximum Gasteiger partial charge on any atom is 0.303 e. The normalized spacial score (nSPS) is 10.5. The van der Waals surface area contributed by atoms with Crippen LogP contribution in [0.2, 0.25) is 0 Å². The van der Waals surface area contributed by atoms with E-state index in [9.17, 15) is 9.59 Å². The minimum atomic E-state index is -0.850. The molecule has 2 rings (SSSR count). The summed E-state index contributed by atoms with van der Waals surface area (Å²) in [6.45, 7) is 0.455. The highest BCUT2D eigenvalue weighted by Gasteiger charge is 2.12. The van der Waals surface area contributed by atoms with Crippen LogP contribution in [0, 0.1) is 0 Å². The second-order valence-corrected chi connectivity index (χ2v) is 6.61. The minimum absolute atomic E-state index is 0.0643. The van der Waals surface area contributed by atoms with Crippen molar-refractivity contribution >= 4 is 29.3 Å². The molecule has 0 aliphatic heterocycles. The second-order valence-electron chi connectivity index (χ2n) is 6.61. The van der Waals surface area contributed by atoms with Gasteiger partial charge >= 0.3 is 5.97 Å². The Hall–Kier alpha value is -3.88. The number of ether oxygens (including phenoxy) is 4. The molecule has 9 nitrogen and oxygen atoms in total. The number of amides is 1. The first-order chi connectivity index (χ1) is 15.4. The molecular formula is C23H28N2O7. The summed E-state index contributed by atoms with van der Waals surface area (Å²) in [4.78, 5) is 23.1. The predicted octanol–water partition coefficient (Wildman–Crippen LogP) is 3.65. The minimum Gasteiger partial charge on any atom is -0.496 e. The summed E-state index contributed by atoms with van der Waals surface area (Å²) in [7, 11) is 6.12. The van der Waals surface area contributed by atoms with Gasteiger partial charge in [0, 0.05) is 36.9 Å². The fourth-order valence-corrected chi connectivity index (χ4v) is 2.93. The summed E-state index contributed by atoms with van der Waals surface area (Å²) >= 11 is 0. The first kappa shape index (κ1) is 24.4. The first-order valence-corrected chi connectivity index (χ1v) is 9.84. The third-order valence-corrected chi connectivity index (χ3v) is 4.50. The Morgan fingerprint density at radius 3 is 2.16 bits per heavy atom. The van der Waals surface area contributed by atoms with Gasteiger partial charge in [0.15, 0.2) is 0 Å². The molecule has 9 heteroatoms. The highest BCUT2D eigenvalue weighted by Crippen LogP contribution is 2.35. The SMILES string of the molecule is COc1cc(OC)c(/C=C/C(=O)Nc2ccc(OC)c(NCCCC(=O)O)c2)c(OC)c1.